The highest BCUT2D eigenvalue weighted by Crippen LogP contribution is 2.24. The number of aliphatic carboxylic acids is 1. The third-order valence-corrected chi connectivity index (χ3v) is 3.36. The average molecular weight is 243 g/mol. The van der Waals surface area contributed by atoms with Gasteiger partial charge in [0.15, 0.2) is 6.10 Å². The van der Waals surface area contributed by atoms with Gasteiger partial charge in [-0.2, -0.15) is 0 Å². The predicted octanol–water partition coefficient (Wildman–Crippen LogP) is -0.0878. The second-order valence-corrected chi connectivity index (χ2v) is 4.56. The normalized spacial score (nSPS) is 36.3. The summed E-state index contributed by atoms with van der Waals surface area (Å²) in [5, 5.41) is 11.6. The van der Waals surface area contributed by atoms with Crippen LogP contribution in [0.4, 0.5) is 0 Å². The maximum atomic E-state index is 11.7. The number of carboxylic acids is 1. The summed E-state index contributed by atoms with van der Waals surface area (Å²) in [6, 6.07) is 0.139. The Bertz CT molecular complexity index is 313. The summed E-state index contributed by atoms with van der Waals surface area (Å²) in [7, 11) is 1.65. The quantitative estimate of drug-likeness (QED) is 0.721. The number of hydrogen-bond acceptors (Lipinski definition) is 4. The molecule has 1 heterocycles. The molecule has 2 unspecified atom stereocenters. The third kappa shape index (κ3) is 2.76. The largest absolute Gasteiger partial charge is 0.479 e. The Labute approximate surface area is 99.3 Å². The lowest BCUT2D eigenvalue weighted by atomic mass is 9.89. The SMILES string of the molecule is COC1CC(NC(=O)C2CCC(C(=O)O)O2)C1. The Kier molecular flexibility index (Phi) is 3.63. The number of carbonyl (C=O) groups excluding carboxylic acids is 1. The molecule has 96 valence electrons. The molecule has 2 rings (SSSR count). The topological polar surface area (TPSA) is 84.9 Å². The van der Waals surface area contributed by atoms with Gasteiger partial charge >= 0.3 is 5.97 Å². The van der Waals surface area contributed by atoms with E-state index in [1.807, 2.05) is 0 Å². The first-order valence-electron chi connectivity index (χ1n) is 5.81. The fourth-order valence-electron chi connectivity index (χ4n) is 2.18. The van der Waals surface area contributed by atoms with Crippen molar-refractivity contribution >= 4 is 11.9 Å². The van der Waals surface area contributed by atoms with E-state index in [2.05, 4.69) is 5.32 Å². The number of ether oxygens (including phenoxy) is 2. The molecule has 0 spiro atoms. The summed E-state index contributed by atoms with van der Waals surface area (Å²) < 4.78 is 10.3. The fourth-order valence-corrected chi connectivity index (χ4v) is 2.18. The maximum absolute atomic E-state index is 11.7. The van der Waals surface area contributed by atoms with Crippen molar-refractivity contribution in [2.75, 3.05) is 7.11 Å². The smallest absolute Gasteiger partial charge is 0.332 e. The summed E-state index contributed by atoms with van der Waals surface area (Å²) in [6.45, 7) is 0. The monoisotopic (exact) mass is 243 g/mol. The zero-order chi connectivity index (χ0) is 12.4. The van der Waals surface area contributed by atoms with Crippen LogP contribution in [0, 0.1) is 0 Å². The van der Waals surface area contributed by atoms with E-state index >= 15 is 0 Å². The zero-order valence-electron chi connectivity index (χ0n) is 9.72. The van der Waals surface area contributed by atoms with Gasteiger partial charge in [-0.05, 0) is 25.7 Å². The highest BCUT2D eigenvalue weighted by molar-refractivity contribution is 5.82. The van der Waals surface area contributed by atoms with Crippen molar-refractivity contribution in [3.8, 4) is 0 Å². The standard InChI is InChI=1S/C11H17NO5/c1-16-7-4-6(5-7)12-10(13)8-2-3-9(17-8)11(14)15/h6-9H,2-5H2,1H3,(H,12,13)(H,14,15). The van der Waals surface area contributed by atoms with Crippen molar-refractivity contribution in [2.45, 2.75) is 50.0 Å². The van der Waals surface area contributed by atoms with Crippen LogP contribution in [0.3, 0.4) is 0 Å². The van der Waals surface area contributed by atoms with E-state index < -0.39 is 18.2 Å². The van der Waals surface area contributed by atoms with E-state index in [1.165, 1.54) is 0 Å². The number of methoxy groups -OCH3 is 1. The molecular weight excluding hydrogens is 226 g/mol. The molecule has 2 N–H and O–H groups in total. The Morgan fingerprint density at radius 1 is 1.29 bits per heavy atom. The van der Waals surface area contributed by atoms with Gasteiger partial charge in [0.2, 0.25) is 5.91 Å². The maximum Gasteiger partial charge on any atom is 0.332 e. The number of amides is 1. The van der Waals surface area contributed by atoms with Crippen LogP contribution < -0.4 is 5.32 Å². The molecule has 17 heavy (non-hydrogen) atoms. The highest BCUT2D eigenvalue weighted by atomic mass is 16.5. The molecular formula is C11H17NO5. The van der Waals surface area contributed by atoms with Crippen LogP contribution in [0.2, 0.25) is 0 Å². The van der Waals surface area contributed by atoms with E-state index in [0.29, 0.717) is 12.8 Å². The first-order valence-corrected chi connectivity index (χ1v) is 5.81. The molecule has 2 fully saturated rings. The Hall–Kier alpha value is -1.14. The van der Waals surface area contributed by atoms with Crippen molar-refractivity contribution in [1.82, 2.24) is 5.32 Å². The lowest BCUT2D eigenvalue weighted by molar-refractivity contribution is -0.152. The van der Waals surface area contributed by atoms with E-state index in [-0.39, 0.29) is 18.1 Å². The average Bonchev–Trinajstić information content (AvgIpc) is 2.71. The van der Waals surface area contributed by atoms with Gasteiger partial charge in [-0.15, -0.1) is 0 Å². The van der Waals surface area contributed by atoms with Gasteiger partial charge in [0.25, 0.3) is 0 Å². The highest BCUT2D eigenvalue weighted by Gasteiger charge is 2.37. The van der Waals surface area contributed by atoms with Crippen LogP contribution in [0.25, 0.3) is 0 Å². The van der Waals surface area contributed by atoms with Gasteiger partial charge in [0, 0.05) is 13.2 Å². The zero-order valence-corrected chi connectivity index (χ0v) is 9.72. The summed E-state index contributed by atoms with van der Waals surface area (Å²) in [5.41, 5.74) is 0. The van der Waals surface area contributed by atoms with Gasteiger partial charge in [-0.25, -0.2) is 4.79 Å². The number of carboxylic acid groups (broad SMARTS) is 1. The van der Waals surface area contributed by atoms with Gasteiger partial charge in [-0.1, -0.05) is 0 Å². The first-order chi connectivity index (χ1) is 8.10. The predicted molar refractivity (Wildman–Crippen MR) is 57.5 cm³/mol. The Morgan fingerprint density at radius 3 is 2.47 bits per heavy atom. The van der Waals surface area contributed by atoms with Crippen molar-refractivity contribution in [2.24, 2.45) is 0 Å². The first kappa shape index (κ1) is 12.3. The number of carbonyl (C=O) groups is 2. The third-order valence-electron chi connectivity index (χ3n) is 3.36. The Morgan fingerprint density at radius 2 is 1.94 bits per heavy atom. The number of rotatable bonds is 4. The van der Waals surface area contributed by atoms with Gasteiger partial charge in [-0.3, -0.25) is 4.79 Å². The van der Waals surface area contributed by atoms with Gasteiger partial charge in [0.05, 0.1) is 6.10 Å². The molecule has 2 aliphatic rings. The summed E-state index contributed by atoms with van der Waals surface area (Å²) >= 11 is 0. The second kappa shape index (κ2) is 5.01. The molecule has 6 heteroatoms. The van der Waals surface area contributed by atoms with E-state index in [9.17, 15) is 9.59 Å². The van der Waals surface area contributed by atoms with Crippen LogP contribution in [0.15, 0.2) is 0 Å². The van der Waals surface area contributed by atoms with Crippen LogP contribution in [0.1, 0.15) is 25.7 Å². The molecule has 6 nitrogen and oxygen atoms in total. The fraction of sp³-hybridized carbons (Fsp3) is 0.818. The molecule has 1 saturated carbocycles. The van der Waals surface area contributed by atoms with Crippen LogP contribution in [0.5, 0.6) is 0 Å². The number of hydrogen-bond donors (Lipinski definition) is 2. The molecule has 2 atom stereocenters. The molecule has 0 aromatic carbocycles. The summed E-state index contributed by atoms with van der Waals surface area (Å²) in [6.07, 6.45) is 1.30. The Balaban J connectivity index is 1.73. The van der Waals surface area contributed by atoms with Crippen molar-refractivity contribution in [3.63, 3.8) is 0 Å². The lowest BCUT2D eigenvalue weighted by Crippen LogP contribution is -2.50. The summed E-state index contributed by atoms with van der Waals surface area (Å²) in [4.78, 5) is 22.4. The molecule has 0 aromatic heterocycles. The minimum atomic E-state index is -0.997. The van der Waals surface area contributed by atoms with E-state index in [0.717, 1.165) is 12.8 Å². The summed E-state index contributed by atoms with van der Waals surface area (Å²) in [5.74, 6) is -1.20. The molecule has 1 saturated heterocycles. The molecule has 1 aliphatic heterocycles. The minimum Gasteiger partial charge on any atom is -0.479 e. The van der Waals surface area contributed by atoms with Crippen LogP contribution in [-0.4, -0.2) is 48.4 Å². The lowest BCUT2D eigenvalue weighted by Gasteiger charge is -2.35. The molecule has 0 bridgehead atoms. The second-order valence-electron chi connectivity index (χ2n) is 4.56. The van der Waals surface area contributed by atoms with Crippen LogP contribution >= 0.6 is 0 Å². The number of nitrogens with one attached hydrogen (secondary N) is 1. The van der Waals surface area contributed by atoms with Gasteiger partial charge in [0.1, 0.15) is 6.10 Å². The molecule has 1 aliphatic carbocycles. The van der Waals surface area contributed by atoms with Gasteiger partial charge < -0.3 is 19.9 Å². The minimum absolute atomic E-state index is 0.139. The molecule has 0 aromatic rings. The van der Waals surface area contributed by atoms with E-state index in [4.69, 9.17) is 14.6 Å². The van der Waals surface area contributed by atoms with Crippen molar-refractivity contribution in [1.29, 1.82) is 0 Å². The molecule has 0 radical (unpaired) electrons. The van der Waals surface area contributed by atoms with Crippen LogP contribution in [-0.2, 0) is 19.1 Å². The van der Waals surface area contributed by atoms with Crippen molar-refractivity contribution in [3.05, 3.63) is 0 Å². The molecule has 1 amide bonds. The van der Waals surface area contributed by atoms with Crippen molar-refractivity contribution < 1.29 is 24.2 Å². The van der Waals surface area contributed by atoms with E-state index in [1.54, 1.807) is 7.11 Å².